The van der Waals surface area contributed by atoms with E-state index in [2.05, 4.69) is 0 Å². The number of ether oxygens (including phenoxy) is 2. The molecule has 0 aromatic rings. The molecule has 0 aliphatic heterocycles. The molecule has 0 heterocycles. The average Bonchev–Trinajstić information content (AvgIpc) is 2.27. The molecule has 0 atom stereocenters. The predicted octanol–water partition coefficient (Wildman–Crippen LogP) is 4.55. The highest BCUT2D eigenvalue weighted by atomic mass is 16.7. The van der Waals surface area contributed by atoms with E-state index in [0.717, 1.165) is 12.8 Å². The van der Waals surface area contributed by atoms with Crippen LogP contribution in [0.3, 0.4) is 0 Å². The van der Waals surface area contributed by atoms with Gasteiger partial charge in [0.2, 0.25) is 0 Å². The van der Waals surface area contributed by atoms with Crippen LogP contribution < -0.4 is 0 Å². The Kier molecular flexibility index (Phi) is 8.31. The molecule has 0 aliphatic carbocycles. The quantitative estimate of drug-likeness (QED) is 0.492. The lowest BCUT2D eigenvalue weighted by molar-refractivity contribution is 0.0976. The Labute approximate surface area is 98.1 Å². The van der Waals surface area contributed by atoms with Crippen LogP contribution in [0.4, 0.5) is 4.79 Å². The Morgan fingerprint density at radius 3 is 1.50 bits per heavy atom. The zero-order valence-corrected chi connectivity index (χ0v) is 10.7. The Morgan fingerprint density at radius 1 is 0.875 bits per heavy atom. The molecule has 92 valence electrons. The molecule has 0 amide bonds. The van der Waals surface area contributed by atoms with E-state index in [1.807, 2.05) is 39.8 Å². The van der Waals surface area contributed by atoms with Gasteiger partial charge >= 0.3 is 6.16 Å². The molecule has 0 spiro atoms. The summed E-state index contributed by atoms with van der Waals surface area (Å²) in [5.41, 5.74) is 0. The maximum absolute atomic E-state index is 11.4. The van der Waals surface area contributed by atoms with Gasteiger partial charge in [0.15, 0.2) is 0 Å². The van der Waals surface area contributed by atoms with Gasteiger partial charge in [-0.2, -0.15) is 0 Å². The number of carbonyl (C=O) groups is 1. The number of hydrogen-bond acceptors (Lipinski definition) is 3. The molecule has 0 radical (unpaired) electrons. The van der Waals surface area contributed by atoms with Gasteiger partial charge in [-0.15, -0.1) is 0 Å². The van der Waals surface area contributed by atoms with Crippen molar-refractivity contribution in [1.29, 1.82) is 0 Å². The molecule has 3 nitrogen and oxygen atoms in total. The number of carbonyl (C=O) groups excluding carboxylic acids is 1. The fourth-order valence-electron chi connectivity index (χ4n) is 1.21. The molecule has 0 aromatic heterocycles. The monoisotopic (exact) mass is 226 g/mol. The van der Waals surface area contributed by atoms with Crippen LogP contribution in [0.5, 0.6) is 0 Å². The van der Waals surface area contributed by atoms with Crippen LogP contribution in [0.25, 0.3) is 0 Å². The molecule has 0 aromatic carbocycles. The molecular weight excluding hydrogens is 204 g/mol. The van der Waals surface area contributed by atoms with Crippen LogP contribution >= 0.6 is 0 Å². The first-order chi connectivity index (χ1) is 7.67. The van der Waals surface area contributed by atoms with E-state index in [9.17, 15) is 4.79 Å². The van der Waals surface area contributed by atoms with E-state index in [1.165, 1.54) is 0 Å². The molecule has 0 rings (SSSR count). The van der Waals surface area contributed by atoms with Gasteiger partial charge in [0.1, 0.15) is 11.5 Å². The molecular formula is C13H22O3. The first-order valence-electron chi connectivity index (χ1n) is 5.95. The van der Waals surface area contributed by atoms with Crippen LogP contribution in [0.2, 0.25) is 0 Å². The van der Waals surface area contributed by atoms with Gasteiger partial charge in [-0.1, -0.05) is 27.7 Å². The highest BCUT2D eigenvalue weighted by molar-refractivity contribution is 5.62. The molecule has 0 aliphatic rings. The molecule has 0 bridgehead atoms. The van der Waals surface area contributed by atoms with Crippen molar-refractivity contribution in [3.63, 3.8) is 0 Å². The van der Waals surface area contributed by atoms with E-state index in [4.69, 9.17) is 9.47 Å². The number of allylic oxidation sites excluding steroid dienone is 4. The molecule has 0 fully saturated rings. The minimum Gasteiger partial charge on any atom is -0.400 e. The average molecular weight is 226 g/mol. The second-order valence-electron chi connectivity index (χ2n) is 3.32. The minimum absolute atomic E-state index is 0.636. The molecule has 0 N–H and O–H groups in total. The van der Waals surface area contributed by atoms with E-state index in [0.29, 0.717) is 24.4 Å². The van der Waals surface area contributed by atoms with Crippen molar-refractivity contribution in [3.05, 3.63) is 23.7 Å². The van der Waals surface area contributed by atoms with Crippen molar-refractivity contribution < 1.29 is 14.3 Å². The largest absolute Gasteiger partial charge is 0.518 e. The maximum atomic E-state index is 11.4. The van der Waals surface area contributed by atoms with Gasteiger partial charge in [0, 0.05) is 12.8 Å². The highest BCUT2D eigenvalue weighted by Crippen LogP contribution is 2.10. The van der Waals surface area contributed by atoms with E-state index >= 15 is 0 Å². The summed E-state index contributed by atoms with van der Waals surface area (Å²) in [6, 6.07) is 0. The van der Waals surface area contributed by atoms with Crippen molar-refractivity contribution in [2.24, 2.45) is 0 Å². The van der Waals surface area contributed by atoms with Crippen molar-refractivity contribution in [2.45, 2.75) is 53.4 Å². The third kappa shape index (κ3) is 6.27. The summed E-state index contributed by atoms with van der Waals surface area (Å²) in [4.78, 5) is 11.4. The van der Waals surface area contributed by atoms with Crippen molar-refractivity contribution >= 4 is 6.16 Å². The molecule has 3 heteroatoms. The third-order valence-electron chi connectivity index (χ3n) is 1.99. The van der Waals surface area contributed by atoms with Crippen LogP contribution in [0.1, 0.15) is 53.4 Å². The smallest absolute Gasteiger partial charge is 0.400 e. The van der Waals surface area contributed by atoms with Gasteiger partial charge < -0.3 is 9.47 Å². The summed E-state index contributed by atoms with van der Waals surface area (Å²) in [5, 5.41) is 0. The van der Waals surface area contributed by atoms with E-state index in [-0.39, 0.29) is 0 Å². The van der Waals surface area contributed by atoms with E-state index < -0.39 is 6.16 Å². The lowest BCUT2D eigenvalue weighted by Gasteiger charge is -2.08. The Bertz CT molecular complexity index is 238. The zero-order valence-electron chi connectivity index (χ0n) is 10.7. The van der Waals surface area contributed by atoms with Gasteiger partial charge in [0.05, 0.1) is 0 Å². The molecule has 0 saturated carbocycles. The molecule has 0 saturated heterocycles. The van der Waals surface area contributed by atoms with Crippen LogP contribution in [-0.4, -0.2) is 6.16 Å². The fourth-order valence-corrected chi connectivity index (χ4v) is 1.21. The summed E-state index contributed by atoms with van der Waals surface area (Å²) in [6.07, 6.45) is 6.23. The topological polar surface area (TPSA) is 35.5 Å². The summed E-state index contributed by atoms with van der Waals surface area (Å²) < 4.78 is 10.2. The summed E-state index contributed by atoms with van der Waals surface area (Å²) in [6.45, 7) is 7.88. The van der Waals surface area contributed by atoms with Crippen LogP contribution in [-0.2, 0) is 9.47 Å². The summed E-state index contributed by atoms with van der Waals surface area (Å²) >= 11 is 0. The lowest BCUT2D eigenvalue weighted by Crippen LogP contribution is -2.06. The summed E-state index contributed by atoms with van der Waals surface area (Å²) in [5.74, 6) is 1.33. The minimum atomic E-state index is -0.636. The second-order valence-corrected chi connectivity index (χ2v) is 3.32. The van der Waals surface area contributed by atoms with Crippen LogP contribution in [0, 0.1) is 0 Å². The first-order valence-corrected chi connectivity index (χ1v) is 5.95. The SMILES string of the molecule is CCC=C(CC)OC(=O)OC(=CCC)CC. The summed E-state index contributed by atoms with van der Waals surface area (Å²) in [7, 11) is 0. The van der Waals surface area contributed by atoms with Crippen LogP contribution in [0.15, 0.2) is 23.7 Å². The Balaban J connectivity index is 4.26. The fraction of sp³-hybridized carbons (Fsp3) is 0.615. The first kappa shape index (κ1) is 14.8. The maximum Gasteiger partial charge on any atom is 0.518 e. The zero-order chi connectivity index (χ0) is 12.4. The Morgan fingerprint density at radius 2 is 1.25 bits per heavy atom. The van der Waals surface area contributed by atoms with Gasteiger partial charge in [-0.05, 0) is 25.0 Å². The van der Waals surface area contributed by atoms with Gasteiger partial charge in [-0.25, -0.2) is 4.79 Å². The third-order valence-corrected chi connectivity index (χ3v) is 1.99. The van der Waals surface area contributed by atoms with Gasteiger partial charge in [0.25, 0.3) is 0 Å². The van der Waals surface area contributed by atoms with Gasteiger partial charge in [-0.3, -0.25) is 0 Å². The number of rotatable bonds is 6. The number of hydrogen-bond donors (Lipinski definition) is 0. The lowest BCUT2D eigenvalue weighted by atomic mass is 10.3. The van der Waals surface area contributed by atoms with Crippen molar-refractivity contribution in [1.82, 2.24) is 0 Å². The molecule has 16 heavy (non-hydrogen) atoms. The predicted molar refractivity (Wildman–Crippen MR) is 64.9 cm³/mol. The molecule has 0 unspecified atom stereocenters. The Hall–Kier alpha value is -1.25. The standard InChI is InChI=1S/C13H22O3/c1-5-9-11(7-3)15-13(14)16-12(8-4)10-6-2/h9-10H,5-8H2,1-4H3. The second kappa shape index (κ2) is 9.01. The van der Waals surface area contributed by atoms with E-state index in [1.54, 1.807) is 0 Å². The highest BCUT2D eigenvalue weighted by Gasteiger charge is 2.09. The normalized spacial score (nSPS) is 12.5. The van der Waals surface area contributed by atoms with Crippen molar-refractivity contribution in [2.75, 3.05) is 0 Å². The van der Waals surface area contributed by atoms with Crippen molar-refractivity contribution in [3.8, 4) is 0 Å².